The fraction of sp³-hybridized carbons (Fsp3) is 0.421. The van der Waals surface area contributed by atoms with Gasteiger partial charge in [-0.3, -0.25) is 4.99 Å². The summed E-state index contributed by atoms with van der Waals surface area (Å²) in [4.78, 5) is 5.79. The van der Waals surface area contributed by atoms with Crippen molar-refractivity contribution in [2.45, 2.75) is 25.7 Å². The minimum Gasteiger partial charge on any atom is -0.356 e. The highest BCUT2D eigenvalue weighted by atomic mass is 32.1. The largest absolute Gasteiger partial charge is 0.356 e. The van der Waals surface area contributed by atoms with Gasteiger partial charge in [0, 0.05) is 30.9 Å². The van der Waals surface area contributed by atoms with Crippen molar-refractivity contribution in [1.82, 2.24) is 10.6 Å². The number of nitrogens with one attached hydrogen (secondary N) is 2. The second kappa shape index (κ2) is 7.64. The molecule has 1 heterocycles. The lowest BCUT2D eigenvalue weighted by molar-refractivity contribution is 0.550. The van der Waals surface area contributed by atoms with E-state index in [4.69, 9.17) is 0 Å². The molecule has 2 aromatic rings. The lowest BCUT2D eigenvalue weighted by Gasteiger charge is -2.30. The Morgan fingerprint density at radius 1 is 1.26 bits per heavy atom. The molecular weight excluding hydrogens is 302 g/mol. The van der Waals surface area contributed by atoms with E-state index in [-0.39, 0.29) is 0 Å². The van der Waals surface area contributed by atoms with Gasteiger partial charge in [0.05, 0.1) is 0 Å². The molecule has 3 rings (SSSR count). The minimum absolute atomic E-state index is 0.594. The minimum atomic E-state index is 0.594. The molecule has 0 saturated carbocycles. The maximum absolute atomic E-state index is 4.34. The Balaban J connectivity index is 1.41. The van der Waals surface area contributed by atoms with E-state index in [0.29, 0.717) is 11.8 Å². The fourth-order valence-electron chi connectivity index (χ4n) is 3.10. The first-order valence-corrected chi connectivity index (χ1v) is 9.19. The molecule has 2 unspecified atom stereocenters. The molecule has 23 heavy (non-hydrogen) atoms. The summed E-state index contributed by atoms with van der Waals surface area (Å²) in [5.74, 6) is 2.12. The summed E-state index contributed by atoms with van der Waals surface area (Å²) in [6.07, 6.45) is 2.30. The summed E-state index contributed by atoms with van der Waals surface area (Å²) in [5, 5.41) is 9.07. The van der Waals surface area contributed by atoms with Crippen molar-refractivity contribution in [3.63, 3.8) is 0 Å². The highest BCUT2D eigenvalue weighted by Gasteiger charge is 2.25. The predicted molar refractivity (Wildman–Crippen MR) is 99.4 cm³/mol. The van der Waals surface area contributed by atoms with Crippen LogP contribution in [0.3, 0.4) is 0 Å². The summed E-state index contributed by atoms with van der Waals surface area (Å²) in [5.41, 5.74) is 2.98. The molecule has 1 aromatic carbocycles. The molecule has 1 aliphatic carbocycles. The van der Waals surface area contributed by atoms with E-state index in [1.807, 2.05) is 18.4 Å². The maximum atomic E-state index is 4.34. The highest BCUT2D eigenvalue weighted by Crippen LogP contribution is 2.33. The first-order valence-electron chi connectivity index (χ1n) is 8.31. The molecule has 0 bridgehead atoms. The van der Waals surface area contributed by atoms with E-state index >= 15 is 0 Å². The number of aliphatic imine (C=N–C) groups is 1. The van der Waals surface area contributed by atoms with E-state index in [2.05, 4.69) is 64.3 Å². The summed E-state index contributed by atoms with van der Waals surface area (Å²) < 4.78 is 0. The van der Waals surface area contributed by atoms with Crippen LogP contribution in [0.15, 0.2) is 46.8 Å². The van der Waals surface area contributed by atoms with Crippen molar-refractivity contribution in [3.8, 4) is 0 Å². The third-order valence-electron chi connectivity index (χ3n) is 4.45. The Bertz CT molecular complexity index is 648. The molecule has 1 aromatic heterocycles. The quantitative estimate of drug-likeness (QED) is 0.630. The Labute approximate surface area is 142 Å². The zero-order chi connectivity index (χ0) is 16.1. The molecule has 122 valence electrons. The maximum Gasteiger partial charge on any atom is 0.191 e. The summed E-state index contributed by atoms with van der Waals surface area (Å²) >= 11 is 1.84. The van der Waals surface area contributed by atoms with Crippen molar-refractivity contribution < 1.29 is 0 Å². The number of rotatable bonds is 6. The van der Waals surface area contributed by atoms with E-state index in [9.17, 15) is 0 Å². The van der Waals surface area contributed by atoms with Crippen LogP contribution in [0.4, 0.5) is 0 Å². The van der Waals surface area contributed by atoms with Crippen LogP contribution in [0, 0.1) is 5.92 Å². The molecule has 4 heteroatoms. The number of nitrogens with zero attached hydrogens (tertiary/aromatic N) is 1. The topological polar surface area (TPSA) is 36.4 Å². The van der Waals surface area contributed by atoms with Crippen molar-refractivity contribution in [2.75, 3.05) is 20.1 Å². The molecule has 2 atom stereocenters. The normalized spacial score (nSPS) is 18.0. The fourth-order valence-corrected chi connectivity index (χ4v) is 3.97. The van der Waals surface area contributed by atoms with Crippen molar-refractivity contribution in [3.05, 3.63) is 57.8 Å². The number of thiophene rings is 1. The number of hydrogen-bond donors (Lipinski definition) is 2. The Hall–Kier alpha value is -1.81. The second-order valence-corrected chi connectivity index (χ2v) is 7.35. The van der Waals surface area contributed by atoms with Crippen LogP contribution in [-0.4, -0.2) is 26.1 Å². The predicted octanol–water partition coefficient (Wildman–Crippen LogP) is 3.43. The lowest BCUT2D eigenvalue weighted by Crippen LogP contribution is -2.42. The van der Waals surface area contributed by atoms with Crippen LogP contribution in [0.1, 0.15) is 28.8 Å². The molecule has 0 spiro atoms. The summed E-state index contributed by atoms with van der Waals surface area (Å²) in [6, 6.07) is 13.1. The number of hydrogen-bond acceptors (Lipinski definition) is 2. The van der Waals surface area contributed by atoms with Gasteiger partial charge in [0.1, 0.15) is 0 Å². The van der Waals surface area contributed by atoms with Crippen LogP contribution < -0.4 is 10.6 Å². The number of benzene rings is 1. The lowest BCUT2D eigenvalue weighted by atomic mass is 9.78. The summed E-state index contributed by atoms with van der Waals surface area (Å²) in [7, 11) is 1.84. The van der Waals surface area contributed by atoms with Crippen LogP contribution in [0.5, 0.6) is 0 Å². The Morgan fingerprint density at radius 3 is 2.87 bits per heavy atom. The first-order chi connectivity index (χ1) is 11.3. The van der Waals surface area contributed by atoms with Gasteiger partial charge in [0.25, 0.3) is 0 Å². The van der Waals surface area contributed by atoms with Crippen molar-refractivity contribution in [1.29, 1.82) is 0 Å². The van der Waals surface area contributed by atoms with Gasteiger partial charge in [0.2, 0.25) is 0 Å². The SMILES string of the molecule is CN=C(NCC(C)Cc1cccs1)NCC1Cc2ccccc21. The van der Waals surface area contributed by atoms with Gasteiger partial charge in [-0.05, 0) is 41.3 Å². The highest BCUT2D eigenvalue weighted by molar-refractivity contribution is 7.09. The van der Waals surface area contributed by atoms with Gasteiger partial charge in [0.15, 0.2) is 5.96 Å². The van der Waals surface area contributed by atoms with Gasteiger partial charge in [-0.25, -0.2) is 0 Å². The summed E-state index contributed by atoms with van der Waals surface area (Å²) in [6.45, 7) is 4.18. The van der Waals surface area contributed by atoms with Crippen LogP contribution in [0.2, 0.25) is 0 Å². The molecular formula is C19H25N3S. The first kappa shape index (κ1) is 16.1. The zero-order valence-corrected chi connectivity index (χ0v) is 14.7. The molecule has 0 amide bonds. The smallest absolute Gasteiger partial charge is 0.191 e. The average Bonchev–Trinajstić information content (AvgIpc) is 3.04. The van der Waals surface area contributed by atoms with Crippen molar-refractivity contribution >= 4 is 17.3 Å². The number of fused-ring (bicyclic) bond motifs is 1. The molecule has 2 N–H and O–H groups in total. The van der Waals surface area contributed by atoms with E-state index in [1.165, 1.54) is 22.4 Å². The molecule has 0 saturated heterocycles. The van der Waals surface area contributed by atoms with Crippen LogP contribution >= 0.6 is 11.3 Å². The van der Waals surface area contributed by atoms with Gasteiger partial charge in [-0.15, -0.1) is 11.3 Å². The monoisotopic (exact) mass is 327 g/mol. The molecule has 1 aliphatic rings. The van der Waals surface area contributed by atoms with E-state index < -0.39 is 0 Å². The molecule has 0 aliphatic heterocycles. The van der Waals surface area contributed by atoms with Gasteiger partial charge >= 0.3 is 0 Å². The average molecular weight is 327 g/mol. The Morgan fingerprint density at radius 2 is 2.13 bits per heavy atom. The van der Waals surface area contributed by atoms with Crippen molar-refractivity contribution in [2.24, 2.45) is 10.9 Å². The third kappa shape index (κ3) is 4.14. The van der Waals surface area contributed by atoms with Gasteiger partial charge in [-0.1, -0.05) is 37.3 Å². The van der Waals surface area contributed by atoms with E-state index in [0.717, 1.165) is 25.5 Å². The number of guanidine groups is 1. The Kier molecular flexibility index (Phi) is 5.34. The third-order valence-corrected chi connectivity index (χ3v) is 5.35. The molecule has 3 nitrogen and oxygen atoms in total. The van der Waals surface area contributed by atoms with Gasteiger partial charge < -0.3 is 10.6 Å². The molecule has 0 fully saturated rings. The standard InChI is InChI=1S/C19H25N3S/c1-14(10-17-7-5-9-23-17)12-21-19(20-2)22-13-16-11-15-6-3-4-8-18(15)16/h3-9,14,16H,10-13H2,1-2H3,(H2,20,21,22). The molecule has 0 radical (unpaired) electrons. The van der Waals surface area contributed by atoms with Crippen LogP contribution in [0.25, 0.3) is 0 Å². The zero-order valence-electron chi connectivity index (χ0n) is 13.9. The van der Waals surface area contributed by atoms with Gasteiger partial charge in [-0.2, -0.15) is 0 Å². The van der Waals surface area contributed by atoms with Crippen LogP contribution in [-0.2, 0) is 12.8 Å². The van der Waals surface area contributed by atoms with E-state index in [1.54, 1.807) is 0 Å². The second-order valence-electron chi connectivity index (χ2n) is 6.32.